The summed E-state index contributed by atoms with van der Waals surface area (Å²) >= 11 is 7.29. The van der Waals surface area contributed by atoms with Gasteiger partial charge in [-0.05, 0) is 23.6 Å². The topological polar surface area (TPSA) is 93.1 Å². The first-order valence-corrected chi connectivity index (χ1v) is 7.31. The zero-order valence-electron chi connectivity index (χ0n) is 11.1. The Kier molecular flexibility index (Phi) is 5.37. The lowest BCUT2D eigenvalue weighted by Gasteiger charge is -2.13. The van der Waals surface area contributed by atoms with Gasteiger partial charge in [-0.25, -0.2) is 9.59 Å². The van der Waals surface area contributed by atoms with Gasteiger partial charge in [0.15, 0.2) is 12.4 Å². The maximum absolute atomic E-state index is 11.9. The van der Waals surface area contributed by atoms with Gasteiger partial charge in [-0.2, -0.15) is 0 Å². The van der Waals surface area contributed by atoms with Crippen molar-refractivity contribution in [2.75, 3.05) is 6.61 Å². The molecule has 0 saturated carbocycles. The molecule has 0 atom stereocenters. The van der Waals surface area contributed by atoms with E-state index in [1.165, 1.54) is 23.5 Å². The number of carboxylic acids is 1. The molecule has 0 saturated heterocycles. The smallest absolute Gasteiger partial charge is 0.353 e. The largest absolute Gasteiger partial charge is 0.480 e. The van der Waals surface area contributed by atoms with Gasteiger partial charge < -0.3 is 19.7 Å². The lowest BCUT2D eigenvalue weighted by Crippen LogP contribution is -2.12. The van der Waals surface area contributed by atoms with Crippen LogP contribution in [0.25, 0.3) is 0 Å². The van der Waals surface area contributed by atoms with Crippen LogP contribution < -0.4 is 9.47 Å². The first-order chi connectivity index (χ1) is 10.5. The van der Waals surface area contributed by atoms with Gasteiger partial charge in [0.05, 0.1) is 6.61 Å². The van der Waals surface area contributed by atoms with Gasteiger partial charge in [0.25, 0.3) is 0 Å². The summed E-state index contributed by atoms with van der Waals surface area (Å²) in [6.07, 6.45) is 0. The number of benzene rings is 1. The van der Waals surface area contributed by atoms with E-state index in [1.54, 1.807) is 17.5 Å². The molecular formula is C14H11ClO6S. The molecule has 0 aliphatic carbocycles. The predicted octanol–water partition coefficient (Wildman–Crippen LogP) is 2.58. The number of aliphatic hydroxyl groups excluding tert-OH is 1. The average Bonchev–Trinajstić information content (AvgIpc) is 3.02. The van der Waals surface area contributed by atoms with Crippen molar-refractivity contribution in [1.82, 2.24) is 0 Å². The molecule has 0 spiro atoms. The van der Waals surface area contributed by atoms with E-state index in [1.807, 2.05) is 0 Å². The van der Waals surface area contributed by atoms with Crippen LogP contribution in [0.3, 0.4) is 0 Å². The first kappa shape index (κ1) is 16.3. The molecule has 8 heteroatoms. The Labute approximate surface area is 134 Å². The average molecular weight is 343 g/mol. The summed E-state index contributed by atoms with van der Waals surface area (Å²) < 4.78 is 10.2. The molecule has 0 unspecified atom stereocenters. The van der Waals surface area contributed by atoms with Crippen LogP contribution in [0.2, 0.25) is 5.02 Å². The molecule has 2 aromatic rings. The minimum absolute atomic E-state index is 0.0250. The van der Waals surface area contributed by atoms with Gasteiger partial charge in [0, 0.05) is 5.56 Å². The number of thiophene rings is 1. The highest BCUT2D eigenvalue weighted by atomic mass is 35.5. The number of carbonyl (C=O) groups is 2. The Hall–Kier alpha value is -2.09. The summed E-state index contributed by atoms with van der Waals surface area (Å²) in [4.78, 5) is 22.9. The fourth-order valence-electron chi connectivity index (χ4n) is 1.62. The molecule has 0 bridgehead atoms. The highest BCUT2D eigenvalue weighted by Crippen LogP contribution is 2.37. The molecule has 22 heavy (non-hydrogen) atoms. The van der Waals surface area contributed by atoms with Gasteiger partial charge in [-0.3, -0.25) is 0 Å². The third kappa shape index (κ3) is 3.76. The maximum Gasteiger partial charge on any atom is 0.353 e. The highest BCUT2D eigenvalue weighted by Gasteiger charge is 2.18. The minimum atomic E-state index is -1.19. The quantitative estimate of drug-likeness (QED) is 0.619. The predicted molar refractivity (Wildman–Crippen MR) is 79.8 cm³/mol. The zero-order chi connectivity index (χ0) is 16.1. The molecule has 2 rings (SSSR count). The van der Waals surface area contributed by atoms with Crippen LogP contribution in [0.4, 0.5) is 0 Å². The third-order valence-electron chi connectivity index (χ3n) is 2.58. The van der Waals surface area contributed by atoms with Crippen LogP contribution in [0.1, 0.15) is 15.2 Å². The van der Waals surface area contributed by atoms with E-state index in [0.29, 0.717) is 10.4 Å². The number of rotatable bonds is 6. The van der Waals surface area contributed by atoms with E-state index in [0.717, 1.165) is 0 Å². The van der Waals surface area contributed by atoms with Crippen LogP contribution in [-0.4, -0.2) is 28.8 Å². The molecule has 2 N–H and O–H groups in total. The number of esters is 1. The van der Waals surface area contributed by atoms with Gasteiger partial charge in [-0.1, -0.05) is 17.7 Å². The van der Waals surface area contributed by atoms with E-state index in [4.69, 9.17) is 26.2 Å². The number of carbonyl (C=O) groups excluding carboxylic acids is 1. The molecular weight excluding hydrogens is 332 g/mol. The molecule has 0 amide bonds. The van der Waals surface area contributed by atoms with Crippen molar-refractivity contribution in [2.24, 2.45) is 0 Å². The second-order valence-corrected chi connectivity index (χ2v) is 5.40. The van der Waals surface area contributed by atoms with Crippen molar-refractivity contribution in [3.8, 4) is 11.5 Å². The number of halogens is 1. The summed E-state index contributed by atoms with van der Waals surface area (Å²) in [5.74, 6) is -1.78. The van der Waals surface area contributed by atoms with E-state index in [-0.39, 0.29) is 16.5 Å². The van der Waals surface area contributed by atoms with Crippen molar-refractivity contribution < 1.29 is 29.3 Å². The first-order valence-electron chi connectivity index (χ1n) is 6.05. The van der Waals surface area contributed by atoms with Crippen molar-refractivity contribution in [3.05, 3.63) is 45.1 Å². The van der Waals surface area contributed by atoms with E-state index in [2.05, 4.69) is 0 Å². The second-order valence-electron chi connectivity index (χ2n) is 4.07. The number of aliphatic hydroxyl groups is 1. The zero-order valence-corrected chi connectivity index (χ0v) is 12.7. The SMILES string of the molecule is O=C(O)COc1c(CO)ccc(OC(=O)c2cccs2)c1Cl. The normalized spacial score (nSPS) is 10.3. The summed E-state index contributed by atoms with van der Waals surface area (Å²) in [5.41, 5.74) is 0.294. The Bertz CT molecular complexity index is 683. The Morgan fingerprint density at radius 1 is 1.27 bits per heavy atom. The van der Waals surface area contributed by atoms with Crippen molar-refractivity contribution in [3.63, 3.8) is 0 Å². The Morgan fingerprint density at radius 3 is 2.64 bits per heavy atom. The molecule has 116 valence electrons. The monoisotopic (exact) mass is 342 g/mol. The molecule has 1 heterocycles. The molecule has 0 radical (unpaired) electrons. The number of hydrogen-bond donors (Lipinski definition) is 2. The lowest BCUT2D eigenvalue weighted by molar-refractivity contribution is -0.139. The molecule has 6 nitrogen and oxygen atoms in total. The van der Waals surface area contributed by atoms with Gasteiger partial charge in [-0.15, -0.1) is 11.3 Å². The lowest BCUT2D eigenvalue weighted by atomic mass is 10.2. The fraction of sp³-hybridized carbons (Fsp3) is 0.143. The molecule has 0 fully saturated rings. The van der Waals surface area contributed by atoms with E-state index >= 15 is 0 Å². The fourth-order valence-corrected chi connectivity index (χ4v) is 2.49. The molecule has 1 aromatic heterocycles. The Balaban J connectivity index is 2.26. The molecule has 1 aromatic carbocycles. The Morgan fingerprint density at radius 2 is 2.05 bits per heavy atom. The molecule has 0 aliphatic rings. The second kappa shape index (κ2) is 7.26. The van der Waals surface area contributed by atoms with Crippen molar-refractivity contribution in [1.29, 1.82) is 0 Å². The van der Waals surface area contributed by atoms with Gasteiger partial charge in [0.1, 0.15) is 15.6 Å². The number of aliphatic carboxylic acids is 1. The van der Waals surface area contributed by atoms with Crippen molar-refractivity contribution in [2.45, 2.75) is 6.61 Å². The number of hydrogen-bond acceptors (Lipinski definition) is 6. The van der Waals surface area contributed by atoms with Gasteiger partial charge >= 0.3 is 11.9 Å². The maximum atomic E-state index is 11.9. The van der Waals surface area contributed by atoms with Crippen LogP contribution in [0.5, 0.6) is 11.5 Å². The summed E-state index contributed by atoms with van der Waals surface area (Å²) in [7, 11) is 0. The number of ether oxygens (including phenoxy) is 2. The minimum Gasteiger partial charge on any atom is -0.480 e. The van der Waals surface area contributed by atoms with E-state index < -0.39 is 25.2 Å². The third-order valence-corrected chi connectivity index (χ3v) is 3.79. The summed E-state index contributed by atoms with van der Waals surface area (Å²) in [6.45, 7) is -1.02. The van der Waals surface area contributed by atoms with Gasteiger partial charge in [0.2, 0.25) is 0 Å². The number of carboxylic acid groups (broad SMARTS) is 1. The van der Waals surface area contributed by atoms with Crippen LogP contribution in [0.15, 0.2) is 29.6 Å². The van der Waals surface area contributed by atoms with Crippen LogP contribution >= 0.6 is 22.9 Å². The van der Waals surface area contributed by atoms with Crippen molar-refractivity contribution >= 4 is 34.9 Å². The van der Waals surface area contributed by atoms with Crippen LogP contribution in [0, 0.1) is 0 Å². The highest BCUT2D eigenvalue weighted by molar-refractivity contribution is 7.12. The summed E-state index contributed by atoms with van der Waals surface area (Å²) in [5, 5.41) is 19.6. The van der Waals surface area contributed by atoms with E-state index in [9.17, 15) is 14.7 Å². The summed E-state index contributed by atoms with van der Waals surface area (Å²) in [6, 6.07) is 6.16. The molecule has 0 aliphatic heterocycles. The van der Waals surface area contributed by atoms with Crippen LogP contribution in [-0.2, 0) is 11.4 Å². The standard InChI is InChI=1S/C14H11ClO6S/c15-12-9(21-14(19)10-2-1-5-22-10)4-3-8(6-16)13(12)20-7-11(17)18/h1-5,16H,6-7H2,(H,17,18).